The van der Waals surface area contributed by atoms with Gasteiger partial charge < -0.3 is 9.64 Å². The first-order valence-corrected chi connectivity index (χ1v) is 6.13. The van der Waals surface area contributed by atoms with Crippen molar-refractivity contribution >= 4 is 5.69 Å². The predicted octanol–water partition coefficient (Wildman–Crippen LogP) is 3.04. The summed E-state index contributed by atoms with van der Waals surface area (Å²) in [6.45, 7) is 9.44. The van der Waals surface area contributed by atoms with E-state index < -0.39 is 0 Å². The minimum atomic E-state index is 0.346. The van der Waals surface area contributed by atoms with Crippen LogP contribution >= 0.6 is 0 Å². The van der Waals surface area contributed by atoms with E-state index in [1.165, 1.54) is 11.3 Å². The fourth-order valence-electron chi connectivity index (χ4n) is 2.12. The van der Waals surface area contributed by atoms with Gasteiger partial charge in [-0.25, -0.2) is 0 Å². The third-order valence-corrected chi connectivity index (χ3v) is 3.17. The molecule has 2 rings (SSSR count). The quantitative estimate of drug-likeness (QED) is 0.758. The van der Waals surface area contributed by atoms with Gasteiger partial charge in [-0.1, -0.05) is 26.0 Å². The second-order valence-electron chi connectivity index (χ2n) is 4.87. The number of morpholine rings is 1. The van der Waals surface area contributed by atoms with Gasteiger partial charge in [0.05, 0.1) is 12.7 Å². The van der Waals surface area contributed by atoms with Crippen LogP contribution in [0.3, 0.4) is 0 Å². The lowest BCUT2D eigenvalue weighted by Gasteiger charge is -2.33. The SMILES string of the molecule is CC1CN(c2ccc(C(C)C)cc2)CCO1. The molecule has 1 heterocycles. The summed E-state index contributed by atoms with van der Waals surface area (Å²) >= 11 is 0. The molecule has 1 atom stereocenters. The van der Waals surface area contributed by atoms with Crippen molar-refractivity contribution in [3.8, 4) is 0 Å². The van der Waals surface area contributed by atoms with Gasteiger partial charge in [0.25, 0.3) is 0 Å². The van der Waals surface area contributed by atoms with Gasteiger partial charge in [-0.05, 0) is 30.5 Å². The van der Waals surface area contributed by atoms with Crippen molar-refractivity contribution in [1.29, 1.82) is 0 Å². The fourth-order valence-corrected chi connectivity index (χ4v) is 2.12. The zero-order valence-corrected chi connectivity index (χ0v) is 10.4. The van der Waals surface area contributed by atoms with Gasteiger partial charge in [0.15, 0.2) is 0 Å². The largest absolute Gasteiger partial charge is 0.375 e. The van der Waals surface area contributed by atoms with Crippen molar-refractivity contribution in [1.82, 2.24) is 0 Å². The van der Waals surface area contributed by atoms with Crippen molar-refractivity contribution in [3.05, 3.63) is 29.8 Å². The number of nitrogens with zero attached hydrogens (tertiary/aromatic N) is 1. The molecule has 88 valence electrons. The number of ether oxygens (including phenoxy) is 1. The van der Waals surface area contributed by atoms with E-state index in [-0.39, 0.29) is 0 Å². The smallest absolute Gasteiger partial charge is 0.0722 e. The highest BCUT2D eigenvalue weighted by Gasteiger charge is 2.16. The van der Waals surface area contributed by atoms with E-state index in [0.29, 0.717) is 12.0 Å². The maximum atomic E-state index is 5.55. The highest BCUT2D eigenvalue weighted by atomic mass is 16.5. The summed E-state index contributed by atoms with van der Waals surface area (Å²) < 4.78 is 5.55. The lowest BCUT2D eigenvalue weighted by Crippen LogP contribution is -2.41. The summed E-state index contributed by atoms with van der Waals surface area (Å²) in [7, 11) is 0. The van der Waals surface area contributed by atoms with Crippen molar-refractivity contribution in [2.24, 2.45) is 0 Å². The molecule has 2 nitrogen and oxygen atoms in total. The van der Waals surface area contributed by atoms with Crippen LogP contribution in [0.25, 0.3) is 0 Å². The van der Waals surface area contributed by atoms with E-state index in [2.05, 4.69) is 49.9 Å². The Bertz CT molecular complexity index is 331. The van der Waals surface area contributed by atoms with Crippen molar-refractivity contribution in [2.75, 3.05) is 24.6 Å². The van der Waals surface area contributed by atoms with E-state index in [1.807, 2.05) is 0 Å². The Morgan fingerprint density at radius 1 is 1.25 bits per heavy atom. The van der Waals surface area contributed by atoms with Gasteiger partial charge in [0.1, 0.15) is 0 Å². The number of anilines is 1. The predicted molar refractivity (Wildman–Crippen MR) is 68.2 cm³/mol. The summed E-state index contributed by atoms with van der Waals surface area (Å²) in [5.41, 5.74) is 2.73. The summed E-state index contributed by atoms with van der Waals surface area (Å²) in [4.78, 5) is 2.40. The van der Waals surface area contributed by atoms with Crippen LogP contribution in [0.2, 0.25) is 0 Å². The summed E-state index contributed by atoms with van der Waals surface area (Å²) in [6, 6.07) is 8.93. The molecule has 1 aromatic carbocycles. The molecular formula is C14H21NO. The molecule has 2 heteroatoms. The molecular weight excluding hydrogens is 198 g/mol. The van der Waals surface area contributed by atoms with E-state index in [1.54, 1.807) is 0 Å². The molecule has 1 unspecified atom stereocenters. The molecule has 1 aromatic rings. The van der Waals surface area contributed by atoms with E-state index in [4.69, 9.17) is 4.74 Å². The van der Waals surface area contributed by atoms with E-state index in [0.717, 1.165) is 19.7 Å². The Morgan fingerprint density at radius 2 is 1.94 bits per heavy atom. The Labute approximate surface area is 98.2 Å². The molecule has 1 aliphatic rings. The second-order valence-corrected chi connectivity index (χ2v) is 4.87. The van der Waals surface area contributed by atoms with Crippen molar-refractivity contribution in [2.45, 2.75) is 32.8 Å². The van der Waals surface area contributed by atoms with Crippen LogP contribution in [0.4, 0.5) is 5.69 Å². The number of rotatable bonds is 2. The average molecular weight is 219 g/mol. The van der Waals surface area contributed by atoms with Crippen LogP contribution in [0.15, 0.2) is 24.3 Å². The highest BCUT2D eigenvalue weighted by molar-refractivity contribution is 5.48. The molecule has 1 aliphatic heterocycles. The van der Waals surface area contributed by atoms with Crippen LogP contribution in [-0.4, -0.2) is 25.8 Å². The maximum absolute atomic E-state index is 5.55. The second kappa shape index (κ2) is 4.88. The summed E-state index contributed by atoms with van der Waals surface area (Å²) in [5.74, 6) is 0.609. The topological polar surface area (TPSA) is 12.5 Å². The molecule has 1 fully saturated rings. The summed E-state index contributed by atoms with van der Waals surface area (Å²) in [5, 5.41) is 0. The molecule has 0 aliphatic carbocycles. The van der Waals surface area contributed by atoms with Crippen LogP contribution in [0.5, 0.6) is 0 Å². The van der Waals surface area contributed by atoms with Gasteiger partial charge in [-0.2, -0.15) is 0 Å². The molecule has 0 bridgehead atoms. The molecule has 0 radical (unpaired) electrons. The first kappa shape index (κ1) is 11.5. The molecule has 0 saturated carbocycles. The minimum Gasteiger partial charge on any atom is -0.375 e. The Morgan fingerprint density at radius 3 is 2.50 bits per heavy atom. The maximum Gasteiger partial charge on any atom is 0.0722 e. The van der Waals surface area contributed by atoms with Gasteiger partial charge >= 0.3 is 0 Å². The Hall–Kier alpha value is -1.02. The number of hydrogen-bond donors (Lipinski definition) is 0. The minimum absolute atomic E-state index is 0.346. The van der Waals surface area contributed by atoms with Crippen LogP contribution < -0.4 is 4.90 Å². The highest BCUT2D eigenvalue weighted by Crippen LogP contribution is 2.21. The lowest BCUT2D eigenvalue weighted by molar-refractivity contribution is 0.0532. The first-order chi connectivity index (χ1) is 7.66. The third-order valence-electron chi connectivity index (χ3n) is 3.17. The molecule has 0 amide bonds. The van der Waals surface area contributed by atoms with Crippen LogP contribution in [0, 0.1) is 0 Å². The third kappa shape index (κ3) is 2.56. The van der Waals surface area contributed by atoms with Gasteiger partial charge in [0, 0.05) is 18.8 Å². The van der Waals surface area contributed by atoms with Gasteiger partial charge in [-0.15, -0.1) is 0 Å². The lowest BCUT2D eigenvalue weighted by atomic mass is 10.0. The Kier molecular flexibility index (Phi) is 3.49. The van der Waals surface area contributed by atoms with Crippen molar-refractivity contribution < 1.29 is 4.74 Å². The van der Waals surface area contributed by atoms with E-state index >= 15 is 0 Å². The first-order valence-electron chi connectivity index (χ1n) is 6.13. The zero-order chi connectivity index (χ0) is 11.5. The monoisotopic (exact) mass is 219 g/mol. The normalized spacial score (nSPS) is 21.5. The van der Waals surface area contributed by atoms with Crippen LogP contribution in [-0.2, 0) is 4.74 Å². The summed E-state index contributed by atoms with van der Waals surface area (Å²) in [6.07, 6.45) is 0.346. The van der Waals surface area contributed by atoms with Gasteiger partial charge in [0.2, 0.25) is 0 Å². The fraction of sp³-hybridized carbons (Fsp3) is 0.571. The molecule has 16 heavy (non-hydrogen) atoms. The van der Waals surface area contributed by atoms with E-state index in [9.17, 15) is 0 Å². The molecule has 1 saturated heterocycles. The molecule has 0 N–H and O–H groups in total. The van der Waals surface area contributed by atoms with Gasteiger partial charge in [-0.3, -0.25) is 0 Å². The number of benzene rings is 1. The average Bonchev–Trinajstić information content (AvgIpc) is 2.29. The number of hydrogen-bond acceptors (Lipinski definition) is 2. The Balaban J connectivity index is 2.09. The van der Waals surface area contributed by atoms with Crippen molar-refractivity contribution in [3.63, 3.8) is 0 Å². The standard InChI is InChI=1S/C14H21NO/c1-11(2)13-4-6-14(7-5-13)15-8-9-16-12(3)10-15/h4-7,11-12H,8-10H2,1-3H3. The molecule has 0 aromatic heterocycles. The molecule has 0 spiro atoms. The van der Waals surface area contributed by atoms with Crippen LogP contribution in [0.1, 0.15) is 32.3 Å². The zero-order valence-electron chi connectivity index (χ0n) is 10.4.